The first-order chi connectivity index (χ1) is 15.4. The SMILES string of the molecule is CN(c1ccccc1)S(=O)(=O)c1cccc(C(=O)C(C#N)c2nnc3n2CCCCC3)c1. The number of hydrogen-bond donors (Lipinski definition) is 0. The smallest absolute Gasteiger partial charge is 0.264 e. The summed E-state index contributed by atoms with van der Waals surface area (Å²) in [5, 5.41) is 18.1. The fraction of sp³-hybridized carbons (Fsp3) is 0.304. The number of sulfonamides is 1. The highest BCUT2D eigenvalue weighted by molar-refractivity contribution is 7.92. The van der Waals surface area contributed by atoms with Crippen molar-refractivity contribution in [3.8, 4) is 6.07 Å². The van der Waals surface area contributed by atoms with Gasteiger partial charge in [0.25, 0.3) is 10.0 Å². The highest BCUT2D eigenvalue weighted by atomic mass is 32.2. The minimum absolute atomic E-state index is 0.0218. The van der Waals surface area contributed by atoms with Crippen LogP contribution in [0.5, 0.6) is 0 Å². The number of carbonyl (C=O) groups is 1. The van der Waals surface area contributed by atoms with Crippen molar-refractivity contribution in [3.05, 3.63) is 71.8 Å². The molecule has 0 fully saturated rings. The van der Waals surface area contributed by atoms with Gasteiger partial charge in [-0.15, -0.1) is 10.2 Å². The molecule has 3 aromatic rings. The Kier molecular flexibility index (Phi) is 6.06. The van der Waals surface area contributed by atoms with Crippen LogP contribution in [-0.2, 0) is 23.0 Å². The summed E-state index contributed by atoms with van der Waals surface area (Å²) >= 11 is 0. The van der Waals surface area contributed by atoms with Crippen molar-refractivity contribution >= 4 is 21.5 Å². The molecule has 32 heavy (non-hydrogen) atoms. The Morgan fingerprint density at radius 2 is 1.88 bits per heavy atom. The molecule has 9 heteroatoms. The number of para-hydroxylation sites is 1. The van der Waals surface area contributed by atoms with Crippen molar-refractivity contribution in [2.24, 2.45) is 0 Å². The monoisotopic (exact) mass is 449 g/mol. The minimum atomic E-state index is -3.89. The van der Waals surface area contributed by atoms with E-state index in [9.17, 15) is 18.5 Å². The summed E-state index contributed by atoms with van der Waals surface area (Å²) < 4.78 is 29.3. The van der Waals surface area contributed by atoms with E-state index < -0.39 is 21.7 Å². The summed E-state index contributed by atoms with van der Waals surface area (Å²) in [6.45, 7) is 0.666. The van der Waals surface area contributed by atoms with Gasteiger partial charge in [-0.2, -0.15) is 5.26 Å². The number of aromatic nitrogens is 3. The molecule has 1 atom stereocenters. The van der Waals surface area contributed by atoms with Gasteiger partial charge in [0.1, 0.15) is 5.82 Å². The summed E-state index contributed by atoms with van der Waals surface area (Å²) in [7, 11) is -2.43. The van der Waals surface area contributed by atoms with Gasteiger partial charge in [0, 0.05) is 25.6 Å². The van der Waals surface area contributed by atoms with E-state index in [-0.39, 0.29) is 10.5 Å². The lowest BCUT2D eigenvalue weighted by molar-refractivity contribution is 0.0974. The van der Waals surface area contributed by atoms with Gasteiger partial charge in [0.2, 0.25) is 0 Å². The van der Waals surface area contributed by atoms with Gasteiger partial charge in [0.05, 0.1) is 16.7 Å². The van der Waals surface area contributed by atoms with Crippen LogP contribution in [0.1, 0.15) is 47.2 Å². The molecule has 1 aromatic heterocycles. The molecule has 4 rings (SSSR count). The molecule has 0 saturated carbocycles. The molecule has 1 aliphatic heterocycles. The van der Waals surface area contributed by atoms with Crippen molar-refractivity contribution in [3.63, 3.8) is 0 Å². The molecule has 0 aliphatic carbocycles. The second kappa shape index (κ2) is 8.93. The quantitative estimate of drug-likeness (QED) is 0.534. The van der Waals surface area contributed by atoms with Crippen molar-refractivity contribution < 1.29 is 13.2 Å². The van der Waals surface area contributed by atoms with E-state index in [1.54, 1.807) is 30.3 Å². The molecule has 1 unspecified atom stereocenters. The van der Waals surface area contributed by atoms with Gasteiger partial charge >= 0.3 is 0 Å². The normalized spacial score (nSPS) is 14.6. The van der Waals surface area contributed by atoms with E-state index in [1.807, 2.05) is 10.6 Å². The van der Waals surface area contributed by atoms with Gasteiger partial charge in [-0.1, -0.05) is 36.8 Å². The maximum absolute atomic E-state index is 13.3. The minimum Gasteiger partial charge on any atom is -0.313 e. The molecule has 0 N–H and O–H groups in total. The number of fused-ring (bicyclic) bond motifs is 1. The van der Waals surface area contributed by atoms with Crippen LogP contribution in [0.3, 0.4) is 0 Å². The number of Topliss-reactive ketones (excluding diaryl/α,β-unsaturated/α-hetero) is 1. The highest BCUT2D eigenvalue weighted by Crippen LogP contribution is 2.26. The number of ketones is 1. The van der Waals surface area contributed by atoms with Crippen LogP contribution in [-0.4, -0.2) is 36.0 Å². The fourth-order valence-corrected chi connectivity index (χ4v) is 5.11. The third-order valence-electron chi connectivity index (χ3n) is 5.68. The first kappa shape index (κ1) is 21.7. The Morgan fingerprint density at radius 1 is 1.09 bits per heavy atom. The summed E-state index contributed by atoms with van der Waals surface area (Å²) in [6, 6.07) is 16.5. The molecule has 1 aliphatic rings. The average molecular weight is 450 g/mol. The van der Waals surface area contributed by atoms with Crippen molar-refractivity contribution in [2.75, 3.05) is 11.4 Å². The number of carbonyl (C=O) groups excluding carboxylic acids is 1. The lowest BCUT2D eigenvalue weighted by Gasteiger charge is -2.20. The van der Waals surface area contributed by atoms with Gasteiger partial charge in [-0.3, -0.25) is 9.10 Å². The second-order valence-corrected chi connectivity index (χ2v) is 9.67. The standard InChI is InChI=1S/C23H23N5O3S/c1-27(18-10-4-2-5-11-18)32(30,31)19-12-8-9-17(15-19)22(29)20(16-24)23-26-25-21-13-6-3-7-14-28(21)23/h2,4-5,8-12,15,20H,3,6-7,13-14H2,1H3. The number of hydrogen-bond acceptors (Lipinski definition) is 6. The molecule has 8 nitrogen and oxygen atoms in total. The number of anilines is 1. The maximum Gasteiger partial charge on any atom is 0.264 e. The second-order valence-electron chi connectivity index (χ2n) is 7.70. The third-order valence-corrected chi connectivity index (χ3v) is 7.47. The zero-order valence-corrected chi connectivity index (χ0v) is 18.5. The topological polar surface area (TPSA) is 109 Å². The van der Waals surface area contributed by atoms with Crippen LogP contribution in [0.4, 0.5) is 5.69 Å². The number of nitrogens with zero attached hydrogens (tertiary/aromatic N) is 5. The van der Waals surface area contributed by atoms with Crippen LogP contribution in [0, 0.1) is 11.3 Å². The van der Waals surface area contributed by atoms with Gasteiger partial charge in [-0.05, 0) is 37.1 Å². The van der Waals surface area contributed by atoms with Gasteiger partial charge in [0.15, 0.2) is 17.5 Å². The molecule has 0 bridgehead atoms. The largest absolute Gasteiger partial charge is 0.313 e. The van der Waals surface area contributed by atoms with Crippen LogP contribution in [0.25, 0.3) is 0 Å². The van der Waals surface area contributed by atoms with E-state index in [4.69, 9.17) is 0 Å². The lowest BCUT2D eigenvalue weighted by Crippen LogP contribution is -2.26. The maximum atomic E-state index is 13.3. The zero-order valence-electron chi connectivity index (χ0n) is 17.7. The Morgan fingerprint density at radius 3 is 2.62 bits per heavy atom. The van der Waals surface area contributed by atoms with Crippen molar-refractivity contribution in [1.82, 2.24) is 14.8 Å². The van der Waals surface area contributed by atoms with E-state index >= 15 is 0 Å². The number of rotatable bonds is 6. The van der Waals surface area contributed by atoms with E-state index in [0.29, 0.717) is 18.1 Å². The Balaban J connectivity index is 1.66. The summed E-state index contributed by atoms with van der Waals surface area (Å²) in [6.07, 6.45) is 3.75. The average Bonchev–Trinajstić information content (AvgIpc) is 3.06. The Labute approximate surface area is 187 Å². The van der Waals surface area contributed by atoms with Crippen LogP contribution < -0.4 is 4.31 Å². The molecule has 0 radical (unpaired) electrons. The van der Waals surface area contributed by atoms with Gasteiger partial charge in [-0.25, -0.2) is 8.42 Å². The summed E-state index contributed by atoms with van der Waals surface area (Å²) in [5.41, 5.74) is 0.648. The number of benzene rings is 2. The lowest BCUT2D eigenvalue weighted by atomic mass is 9.98. The molecule has 0 saturated heterocycles. The van der Waals surface area contributed by atoms with Crippen molar-refractivity contribution in [2.45, 2.75) is 43.0 Å². The first-order valence-corrected chi connectivity index (χ1v) is 11.9. The molecule has 0 spiro atoms. The molecule has 2 aromatic carbocycles. The molecule has 2 heterocycles. The van der Waals surface area contributed by atoms with Gasteiger partial charge < -0.3 is 4.57 Å². The van der Waals surface area contributed by atoms with Crippen LogP contribution in [0.2, 0.25) is 0 Å². The van der Waals surface area contributed by atoms with E-state index in [1.165, 1.54) is 31.3 Å². The zero-order chi connectivity index (χ0) is 22.7. The third kappa shape index (κ3) is 4.01. The number of aryl methyl sites for hydroxylation is 1. The summed E-state index contributed by atoms with van der Waals surface area (Å²) in [5.74, 6) is -0.541. The predicted molar refractivity (Wildman–Crippen MR) is 119 cm³/mol. The van der Waals surface area contributed by atoms with Crippen molar-refractivity contribution in [1.29, 1.82) is 5.26 Å². The van der Waals surface area contributed by atoms with Crippen LogP contribution >= 0.6 is 0 Å². The molecular formula is C23H23N5O3S. The molecule has 0 amide bonds. The van der Waals surface area contributed by atoms with E-state index in [0.717, 1.165) is 35.8 Å². The Bertz CT molecular complexity index is 1280. The number of nitriles is 1. The van der Waals surface area contributed by atoms with Crippen LogP contribution in [0.15, 0.2) is 59.5 Å². The highest BCUT2D eigenvalue weighted by Gasteiger charge is 2.30. The fourth-order valence-electron chi connectivity index (χ4n) is 3.87. The Hall–Kier alpha value is -3.51. The van der Waals surface area contributed by atoms with E-state index in [2.05, 4.69) is 10.2 Å². The molecule has 164 valence electrons. The summed E-state index contributed by atoms with van der Waals surface area (Å²) in [4.78, 5) is 13.2. The first-order valence-electron chi connectivity index (χ1n) is 10.4. The molecular weight excluding hydrogens is 426 g/mol. The predicted octanol–water partition coefficient (Wildman–Crippen LogP) is 3.32.